The van der Waals surface area contributed by atoms with Gasteiger partial charge >= 0.3 is 0 Å². The minimum atomic E-state index is -0.611. The molecular weight excluding hydrogens is 394 g/mol. The van der Waals surface area contributed by atoms with Gasteiger partial charge in [0.05, 0.1) is 20.8 Å². The quantitative estimate of drug-likeness (QED) is 0.639. The van der Waals surface area contributed by atoms with Crippen molar-refractivity contribution in [2.45, 2.75) is 25.7 Å². The summed E-state index contributed by atoms with van der Waals surface area (Å²) in [7, 11) is 3.17. The van der Waals surface area contributed by atoms with Crippen molar-refractivity contribution < 1.29 is 19.1 Å². The molecule has 0 saturated carbocycles. The van der Waals surface area contributed by atoms with Crippen molar-refractivity contribution in [2.24, 2.45) is 0 Å². The number of nitrogens with zero attached hydrogens (tertiary/aromatic N) is 2. The summed E-state index contributed by atoms with van der Waals surface area (Å²) in [5.74, 6) is 0.951. The van der Waals surface area contributed by atoms with Crippen LogP contribution in [0.2, 0.25) is 0 Å². The second-order valence-corrected chi connectivity index (χ2v) is 7.42. The number of nitrogens with one attached hydrogen (secondary N) is 1. The van der Waals surface area contributed by atoms with Crippen molar-refractivity contribution in [3.8, 4) is 11.5 Å². The van der Waals surface area contributed by atoms with Crippen LogP contribution in [0, 0.1) is 0 Å². The molecule has 7 nitrogen and oxygen atoms in total. The molecule has 1 aromatic heterocycles. The van der Waals surface area contributed by atoms with Gasteiger partial charge in [-0.25, -0.2) is 0 Å². The lowest BCUT2D eigenvalue weighted by atomic mass is 10.1. The van der Waals surface area contributed by atoms with E-state index in [1.54, 1.807) is 31.3 Å². The minimum Gasteiger partial charge on any atom is -0.497 e. The number of carbonyl (C=O) groups is 2. The maximum Gasteiger partial charge on any atom is 0.271 e. The lowest BCUT2D eigenvalue weighted by Gasteiger charge is -2.35. The van der Waals surface area contributed by atoms with E-state index < -0.39 is 6.04 Å². The van der Waals surface area contributed by atoms with Crippen molar-refractivity contribution in [3.63, 3.8) is 0 Å². The Morgan fingerprint density at radius 2 is 1.71 bits per heavy atom. The molecule has 2 aromatic carbocycles. The van der Waals surface area contributed by atoms with E-state index in [2.05, 4.69) is 5.32 Å². The summed E-state index contributed by atoms with van der Waals surface area (Å²) < 4.78 is 12.4. The highest BCUT2D eigenvalue weighted by Gasteiger charge is 2.36. The van der Waals surface area contributed by atoms with Crippen molar-refractivity contribution in [1.29, 1.82) is 0 Å². The van der Waals surface area contributed by atoms with E-state index in [4.69, 9.17) is 9.47 Å². The molecule has 0 saturated heterocycles. The average molecular weight is 419 g/mol. The number of amides is 2. The van der Waals surface area contributed by atoms with Crippen LogP contribution >= 0.6 is 0 Å². The lowest BCUT2D eigenvalue weighted by Crippen LogP contribution is -2.54. The Bertz CT molecular complexity index is 1060. The topological polar surface area (TPSA) is 72.8 Å². The largest absolute Gasteiger partial charge is 0.497 e. The number of aromatic nitrogens is 1. The average Bonchev–Trinajstić information content (AvgIpc) is 3.28. The fourth-order valence-electron chi connectivity index (χ4n) is 3.80. The smallest absolute Gasteiger partial charge is 0.271 e. The molecule has 3 aromatic rings. The number of hydrogen-bond donors (Lipinski definition) is 1. The first-order chi connectivity index (χ1) is 15.1. The Hall–Kier alpha value is -3.74. The molecule has 160 valence electrons. The third kappa shape index (κ3) is 4.40. The van der Waals surface area contributed by atoms with E-state index in [1.807, 2.05) is 59.3 Å². The number of rotatable bonds is 7. The molecule has 2 heterocycles. The molecule has 0 bridgehead atoms. The van der Waals surface area contributed by atoms with Gasteiger partial charge in [0.15, 0.2) is 0 Å². The van der Waals surface area contributed by atoms with Gasteiger partial charge in [0.2, 0.25) is 5.91 Å². The van der Waals surface area contributed by atoms with Crippen molar-refractivity contribution in [3.05, 3.63) is 83.7 Å². The Kier molecular flexibility index (Phi) is 5.93. The molecule has 0 spiro atoms. The van der Waals surface area contributed by atoms with Gasteiger partial charge in [-0.1, -0.05) is 30.3 Å². The Labute approximate surface area is 181 Å². The number of methoxy groups -OCH3 is 2. The molecule has 1 atom stereocenters. The molecule has 1 N–H and O–H groups in total. The second kappa shape index (κ2) is 8.95. The lowest BCUT2D eigenvalue weighted by molar-refractivity contribution is -0.126. The molecule has 0 radical (unpaired) electrons. The monoisotopic (exact) mass is 419 g/mol. The van der Waals surface area contributed by atoms with E-state index in [1.165, 1.54) is 0 Å². The molecule has 0 fully saturated rings. The Morgan fingerprint density at radius 1 is 1.00 bits per heavy atom. The SMILES string of the molecule is COc1cc(CNC(=O)C2Cn3cccc3C(=O)N2Cc2ccccc2)cc(OC)c1. The zero-order valence-electron chi connectivity index (χ0n) is 17.6. The highest BCUT2D eigenvalue weighted by atomic mass is 16.5. The molecular formula is C24H25N3O4. The summed E-state index contributed by atoms with van der Waals surface area (Å²) >= 11 is 0. The molecule has 1 aliphatic rings. The van der Waals surface area contributed by atoms with E-state index >= 15 is 0 Å². The van der Waals surface area contributed by atoms with Crippen LogP contribution in [0.15, 0.2) is 66.9 Å². The van der Waals surface area contributed by atoms with Crippen molar-refractivity contribution >= 4 is 11.8 Å². The van der Waals surface area contributed by atoms with Crippen molar-refractivity contribution in [1.82, 2.24) is 14.8 Å². The van der Waals surface area contributed by atoms with Crippen LogP contribution in [0.1, 0.15) is 21.6 Å². The number of ether oxygens (including phenoxy) is 2. The number of hydrogen-bond acceptors (Lipinski definition) is 4. The third-order valence-electron chi connectivity index (χ3n) is 5.43. The molecule has 0 aliphatic carbocycles. The van der Waals surface area contributed by atoms with Crippen LogP contribution < -0.4 is 14.8 Å². The first-order valence-corrected chi connectivity index (χ1v) is 10.1. The maximum absolute atomic E-state index is 13.2. The number of benzene rings is 2. The van der Waals surface area contributed by atoms with Gasteiger partial charge in [-0.15, -0.1) is 0 Å². The van der Waals surface area contributed by atoms with Gasteiger partial charge in [-0.2, -0.15) is 0 Å². The molecule has 4 rings (SSSR count). The Morgan fingerprint density at radius 3 is 2.39 bits per heavy atom. The zero-order valence-corrected chi connectivity index (χ0v) is 17.6. The van der Waals surface area contributed by atoms with Crippen LogP contribution in [0.5, 0.6) is 11.5 Å². The van der Waals surface area contributed by atoms with Crippen LogP contribution in [0.4, 0.5) is 0 Å². The highest BCUT2D eigenvalue weighted by molar-refractivity contribution is 5.97. The summed E-state index contributed by atoms with van der Waals surface area (Å²) in [6, 6.07) is 18.2. The standard InChI is InChI=1S/C24H25N3O4/c1-30-19-11-18(12-20(13-19)31-2)14-25-23(28)22-16-26-10-6-9-21(26)24(29)27(22)15-17-7-4-3-5-8-17/h3-13,22H,14-16H2,1-2H3,(H,25,28). The van der Waals surface area contributed by atoms with Crippen LogP contribution in [-0.4, -0.2) is 41.5 Å². The fourth-order valence-corrected chi connectivity index (χ4v) is 3.80. The van der Waals surface area contributed by atoms with Crippen LogP contribution in [0.3, 0.4) is 0 Å². The normalized spacial score (nSPS) is 15.4. The number of fused-ring (bicyclic) bond motifs is 1. The van der Waals surface area contributed by atoms with E-state index in [0.717, 1.165) is 11.1 Å². The van der Waals surface area contributed by atoms with E-state index in [0.29, 0.717) is 36.8 Å². The third-order valence-corrected chi connectivity index (χ3v) is 5.43. The van der Waals surface area contributed by atoms with Crippen molar-refractivity contribution in [2.75, 3.05) is 14.2 Å². The summed E-state index contributed by atoms with van der Waals surface area (Å²) in [4.78, 5) is 28.0. The molecule has 1 unspecified atom stereocenters. The Balaban J connectivity index is 1.54. The fraction of sp³-hybridized carbons (Fsp3) is 0.250. The maximum atomic E-state index is 13.2. The van der Waals surface area contributed by atoms with Gasteiger partial charge in [-0.3, -0.25) is 9.59 Å². The predicted octanol–water partition coefficient (Wildman–Crippen LogP) is 2.85. The predicted molar refractivity (Wildman–Crippen MR) is 116 cm³/mol. The van der Waals surface area contributed by atoms with Gasteiger partial charge in [-0.05, 0) is 35.4 Å². The molecule has 1 aliphatic heterocycles. The van der Waals surface area contributed by atoms with Gasteiger partial charge < -0.3 is 24.3 Å². The highest BCUT2D eigenvalue weighted by Crippen LogP contribution is 2.24. The molecule has 2 amide bonds. The zero-order chi connectivity index (χ0) is 21.8. The van der Waals surface area contributed by atoms with Gasteiger partial charge in [0, 0.05) is 25.4 Å². The summed E-state index contributed by atoms with van der Waals surface area (Å²) in [5.41, 5.74) is 2.42. The van der Waals surface area contributed by atoms with Crippen LogP contribution in [-0.2, 0) is 24.4 Å². The summed E-state index contributed by atoms with van der Waals surface area (Å²) in [5, 5.41) is 2.97. The van der Waals surface area contributed by atoms with Gasteiger partial charge in [0.25, 0.3) is 5.91 Å². The van der Waals surface area contributed by atoms with Gasteiger partial charge in [0.1, 0.15) is 23.2 Å². The van der Waals surface area contributed by atoms with E-state index in [9.17, 15) is 9.59 Å². The first-order valence-electron chi connectivity index (χ1n) is 10.1. The second-order valence-electron chi connectivity index (χ2n) is 7.42. The summed E-state index contributed by atoms with van der Waals surface area (Å²) in [6.07, 6.45) is 1.83. The molecule has 7 heteroatoms. The first kappa shape index (κ1) is 20.5. The van der Waals surface area contributed by atoms with E-state index in [-0.39, 0.29) is 11.8 Å². The minimum absolute atomic E-state index is 0.150. The molecule has 31 heavy (non-hydrogen) atoms. The number of carbonyl (C=O) groups excluding carboxylic acids is 2. The summed E-state index contributed by atoms with van der Waals surface area (Å²) in [6.45, 7) is 1.08. The van der Waals surface area contributed by atoms with Crippen LogP contribution in [0.25, 0.3) is 0 Å².